The molecule has 0 bridgehead atoms. The molecule has 0 saturated carbocycles. The van der Waals surface area contributed by atoms with Gasteiger partial charge in [0.1, 0.15) is 0 Å². The van der Waals surface area contributed by atoms with Crippen LogP contribution in [0.2, 0.25) is 0 Å². The van der Waals surface area contributed by atoms with Crippen molar-refractivity contribution in [1.29, 1.82) is 0 Å². The number of amides is 2. The fourth-order valence-electron chi connectivity index (χ4n) is 5.39. The number of hydrogen-bond acceptors (Lipinski definition) is 3. The molecule has 1 saturated heterocycles. The summed E-state index contributed by atoms with van der Waals surface area (Å²) in [5.41, 5.74) is 5.50. The van der Waals surface area contributed by atoms with E-state index in [1.807, 2.05) is 65.6 Å². The predicted molar refractivity (Wildman–Crippen MR) is 145 cm³/mol. The minimum atomic E-state index is -0.181. The SMILES string of the molecule is O=C(Nc1ccc(N2CCc3ccccc3C2)c(C(=O)N2CCCC2)c1)c1ccc2ccccc2c1. The van der Waals surface area contributed by atoms with Crippen molar-refractivity contribution in [3.05, 3.63) is 107 Å². The Morgan fingerprint density at radius 2 is 1.47 bits per heavy atom. The van der Waals surface area contributed by atoms with Crippen molar-refractivity contribution in [1.82, 2.24) is 4.90 Å². The van der Waals surface area contributed by atoms with Crippen LogP contribution in [0.15, 0.2) is 84.9 Å². The van der Waals surface area contributed by atoms with Gasteiger partial charge in [-0.05, 0) is 71.5 Å². The quantitative estimate of drug-likeness (QED) is 0.400. The van der Waals surface area contributed by atoms with E-state index in [1.54, 1.807) is 0 Å². The van der Waals surface area contributed by atoms with Gasteiger partial charge < -0.3 is 15.1 Å². The molecule has 0 aliphatic carbocycles. The van der Waals surface area contributed by atoms with Crippen molar-refractivity contribution in [2.75, 3.05) is 29.9 Å². The predicted octanol–water partition coefficient (Wildman–Crippen LogP) is 5.89. The van der Waals surface area contributed by atoms with Crippen LogP contribution < -0.4 is 10.2 Å². The van der Waals surface area contributed by atoms with Gasteiger partial charge >= 0.3 is 0 Å². The Balaban J connectivity index is 1.31. The van der Waals surface area contributed by atoms with Gasteiger partial charge in [-0.2, -0.15) is 0 Å². The molecule has 0 radical (unpaired) electrons. The second-order valence-corrected chi connectivity index (χ2v) is 9.69. The van der Waals surface area contributed by atoms with Crippen LogP contribution in [0.25, 0.3) is 10.8 Å². The van der Waals surface area contributed by atoms with E-state index >= 15 is 0 Å². The lowest BCUT2D eigenvalue weighted by Crippen LogP contribution is -2.34. The molecule has 2 aliphatic rings. The van der Waals surface area contributed by atoms with Gasteiger partial charge in [0.15, 0.2) is 0 Å². The second kappa shape index (κ2) is 9.50. The maximum atomic E-state index is 13.6. The Morgan fingerprint density at radius 1 is 0.722 bits per heavy atom. The van der Waals surface area contributed by atoms with Crippen LogP contribution in [0.4, 0.5) is 11.4 Å². The minimum absolute atomic E-state index is 0.0446. The van der Waals surface area contributed by atoms with E-state index in [-0.39, 0.29) is 11.8 Å². The average Bonchev–Trinajstić information content (AvgIpc) is 3.47. The zero-order valence-corrected chi connectivity index (χ0v) is 20.2. The second-order valence-electron chi connectivity index (χ2n) is 9.69. The summed E-state index contributed by atoms with van der Waals surface area (Å²) in [5, 5.41) is 5.15. The molecule has 2 amide bonds. The topological polar surface area (TPSA) is 52.7 Å². The molecule has 1 fully saturated rings. The summed E-state index contributed by atoms with van der Waals surface area (Å²) in [7, 11) is 0. The largest absolute Gasteiger partial charge is 0.366 e. The molecule has 0 atom stereocenters. The molecule has 1 N–H and O–H groups in total. The molecule has 5 nitrogen and oxygen atoms in total. The van der Waals surface area contributed by atoms with E-state index in [4.69, 9.17) is 0 Å². The number of nitrogens with one attached hydrogen (secondary N) is 1. The maximum Gasteiger partial charge on any atom is 0.256 e. The van der Waals surface area contributed by atoms with Crippen molar-refractivity contribution >= 4 is 34.0 Å². The van der Waals surface area contributed by atoms with Gasteiger partial charge in [-0.1, -0.05) is 54.6 Å². The molecule has 0 unspecified atom stereocenters. The normalized spacial score (nSPS) is 15.1. The molecule has 0 aromatic heterocycles. The summed E-state index contributed by atoms with van der Waals surface area (Å²) >= 11 is 0. The molecule has 6 rings (SSSR count). The molecule has 0 spiro atoms. The van der Waals surface area contributed by atoms with Crippen molar-refractivity contribution < 1.29 is 9.59 Å². The van der Waals surface area contributed by atoms with Crippen LogP contribution in [0.3, 0.4) is 0 Å². The first-order valence-corrected chi connectivity index (χ1v) is 12.7. The number of carbonyl (C=O) groups excluding carboxylic acids is 2. The third-order valence-corrected chi connectivity index (χ3v) is 7.36. The highest BCUT2D eigenvalue weighted by atomic mass is 16.2. The van der Waals surface area contributed by atoms with Crippen molar-refractivity contribution in [3.63, 3.8) is 0 Å². The molecular weight excluding hydrogens is 446 g/mol. The third kappa shape index (κ3) is 4.33. The molecule has 180 valence electrons. The lowest BCUT2D eigenvalue weighted by atomic mass is 9.98. The maximum absolute atomic E-state index is 13.6. The van der Waals surface area contributed by atoms with E-state index < -0.39 is 0 Å². The summed E-state index contributed by atoms with van der Waals surface area (Å²) in [6.45, 7) is 3.21. The van der Waals surface area contributed by atoms with Crippen LogP contribution in [-0.2, 0) is 13.0 Å². The monoisotopic (exact) mass is 475 g/mol. The minimum Gasteiger partial charge on any atom is -0.366 e. The third-order valence-electron chi connectivity index (χ3n) is 7.36. The Labute approximate surface area is 211 Å². The van der Waals surface area contributed by atoms with Gasteiger partial charge in [0, 0.05) is 43.1 Å². The fourth-order valence-corrected chi connectivity index (χ4v) is 5.39. The zero-order valence-electron chi connectivity index (χ0n) is 20.2. The van der Waals surface area contributed by atoms with Gasteiger partial charge in [0.2, 0.25) is 0 Å². The Hall–Kier alpha value is -4.12. The summed E-state index contributed by atoms with van der Waals surface area (Å²) in [4.78, 5) is 30.9. The van der Waals surface area contributed by atoms with Crippen LogP contribution >= 0.6 is 0 Å². The molecule has 2 aliphatic heterocycles. The standard InChI is InChI=1S/C31H29N3O2/c35-30(25-12-11-22-7-1-3-9-24(22)19-25)32-27-13-14-29(28(20-27)31(36)33-16-5-6-17-33)34-18-15-23-8-2-4-10-26(23)21-34/h1-4,7-14,19-20H,5-6,15-18,21H2,(H,32,35). The van der Waals surface area contributed by atoms with E-state index in [9.17, 15) is 9.59 Å². The average molecular weight is 476 g/mol. The number of likely N-dealkylation sites (tertiary alicyclic amines) is 1. The Morgan fingerprint density at radius 3 is 2.31 bits per heavy atom. The zero-order chi connectivity index (χ0) is 24.5. The lowest BCUT2D eigenvalue weighted by molar-refractivity contribution is 0.0793. The summed E-state index contributed by atoms with van der Waals surface area (Å²) < 4.78 is 0. The number of benzene rings is 4. The number of anilines is 2. The van der Waals surface area contributed by atoms with Crippen LogP contribution in [0.5, 0.6) is 0 Å². The molecule has 5 heteroatoms. The molecule has 2 heterocycles. The van der Waals surface area contributed by atoms with E-state index in [0.29, 0.717) is 16.8 Å². The molecule has 4 aromatic carbocycles. The Kier molecular flexibility index (Phi) is 5.90. The highest BCUT2D eigenvalue weighted by Crippen LogP contribution is 2.31. The van der Waals surface area contributed by atoms with E-state index in [2.05, 4.69) is 34.5 Å². The van der Waals surface area contributed by atoms with Gasteiger partial charge in [-0.3, -0.25) is 9.59 Å². The highest BCUT2D eigenvalue weighted by Gasteiger charge is 2.26. The van der Waals surface area contributed by atoms with Crippen LogP contribution in [0, 0.1) is 0 Å². The van der Waals surface area contributed by atoms with Crippen molar-refractivity contribution in [3.8, 4) is 0 Å². The summed E-state index contributed by atoms with van der Waals surface area (Å²) in [5.74, 6) is -0.136. The van der Waals surface area contributed by atoms with Crippen molar-refractivity contribution in [2.24, 2.45) is 0 Å². The molecule has 36 heavy (non-hydrogen) atoms. The van der Waals surface area contributed by atoms with Crippen LogP contribution in [0.1, 0.15) is 44.7 Å². The number of hydrogen-bond donors (Lipinski definition) is 1. The summed E-state index contributed by atoms with van der Waals surface area (Å²) in [6.07, 6.45) is 3.03. The fraction of sp³-hybridized carbons (Fsp3) is 0.226. The molecular formula is C31H29N3O2. The van der Waals surface area contributed by atoms with Gasteiger partial charge in [-0.25, -0.2) is 0 Å². The van der Waals surface area contributed by atoms with E-state index in [1.165, 1.54) is 11.1 Å². The number of nitrogens with zero attached hydrogens (tertiary/aromatic N) is 2. The van der Waals surface area contributed by atoms with Gasteiger partial charge in [0.05, 0.1) is 5.56 Å². The van der Waals surface area contributed by atoms with Gasteiger partial charge in [0.25, 0.3) is 11.8 Å². The smallest absolute Gasteiger partial charge is 0.256 e. The first-order chi connectivity index (χ1) is 17.7. The van der Waals surface area contributed by atoms with E-state index in [0.717, 1.165) is 61.9 Å². The lowest BCUT2D eigenvalue weighted by Gasteiger charge is -2.33. The Bertz CT molecular complexity index is 1460. The number of rotatable bonds is 4. The molecule has 4 aromatic rings. The first kappa shape index (κ1) is 22.4. The van der Waals surface area contributed by atoms with Crippen LogP contribution in [-0.4, -0.2) is 36.3 Å². The van der Waals surface area contributed by atoms with Crippen molar-refractivity contribution in [2.45, 2.75) is 25.8 Å². The first-order valence-electron chi connectivity index (χ1n) is 12.7. The highest BCUT2D eigenvalue weighted by molar-refractivity contribution is 6.08. The van der Waals surface area contributed by atoms with Gasteiger partial charge in [-0.15, -0.1) is 0 Å². The number of carbonyl (C=O) groups is 2. The summed E-state index contributed by atoms with van der Waals surface area (Å²) in [6, 6.07) is 28.0. The number of fused-ring (bicyclic) bond motifs is 2.